The summed E-state index contributed by atoms with van der Waals surface area (Å²) in [6.45, 7) is 0.937. The van der Waals surface area contributed by atoms with Gasteiger partial charge in [0.15, 0.2) is 0 Å². The van der Waals surface area contributed by atoms with E-state index in [4.69, 9.17) is 10.5 Å². The lowest BCUT2D eigenvalue weighted by atomic mass is 10.2. The SMILES string of the molecule is Cn1c(COc2ccccc2)nc2c(CN)cccc21. The Labute approximate surface area is 117 Å². The van der Waals surface area contributed by atoms with Gasteiger partial charge in [0, 0.05) is 13.6 Å². The number of imidazole rings is 1. The summed E-state index contributed by atoms with van der Waals surface area (Å²) in [6, 6.07) is 15.8. The highest BCUT2D eigenvalue weighted by atomic mass is 16.5. The summed E-state index contributed by atoms with van der Waals surface area (Å²) in [7, 11) is 2.00. The van der Waals surface area contributed by atoms with Crippen molar-refractivity contribution in [1.82, 2.24) is 9.55 Å². The van der Waals surface area contributed by atoms with Crippen molar-refractivity contribution in [2.24, 2.45) is 12.8 Å². The van der Waals surface area contributed by atoms with E-state index in [1.807, 2.05) is 55.6 Å². The van der Waals surface area contributed by atoms with Crippen molar-refractivity contribution in [2.75, 3.05) is 0 Å². The standard InChI is InChI=1S/C16H17N3O/c1-19-14-9-5-6-12(10-17)16(14)18-15(19)11-20-13-7-3-2-4-8-13/h2-9H,10-11,17H2,1H3. The van der Waals surface area contributed by atoms with Gasteiger partial charge in [-0.05, 0) is 23.8 Å². The molecule has 0 aliphatic heterocycles. The van der Waals surface area contributed by atoms with E-state index in [1.165, 1.54) is 0 Å². The fourth-order valence-electron chi connectivity index (χ4n) is 2.28. The molecule has 0 saturated heterocycles. The Balaban J connectivity index is 1.90. The molecular weight excluding hydrogens is 250 g/mol. The third kappa shape index (κ3) is 2.26. The molecule has 2 N–H and O–H groups in total. The number of nitrogens with zero attached hydrogens (tertiary/aromatic N) is 2. The van der Waals surface area contributed by atoms with Gasteiger partial charge in [0.1, 0.15) is 18.2 Å². The zero-order chi connectivity index (χ0) is 13.9. The predicted octanol–water partition coefficient (Wildman–Crippen LogP) is 2.61. The van der Waals surface area contributed by atoms with Crippen LogP contribution in [0.1, 0.15) is 11.4 Å². The summed E-state index contributed by atoms with van der Waals surface area (Å²) in [5.41, 5.74) is 8.86. The van der Waals surface area contributed by atoms with Crippen molar-refractivity contribution in [1.29, 1.82) is 0 Å². The first-order valence-electron chi connectivity index (χ1n) is 6.60. The average molecular weight is 267 g/mol. The van der Waals surface area contributed by atoms with Gasteiger partial charge in [-0.3, -0.25) is 0 Å². The Morgan fingerprint density at radius 3 is 2.65 bits per heavy atom. The zero-order valence-electron chi connectivity index (χ0n) is 11.4. The minimum atomic E-state index is 0.444. The molecule has 102 valence electrons. The Morgan fingerprint density at radius 1 is 1.10 bits per heavy atom. The fourth-order valence-corrected chi connectivity index (χ4v) is 2.28. The van der Waals surface area contributed by atoms with E-state index < -0.39 is 0 Å². The molecule has 0 spiro atoms. The summed E-state index contributed by atoms with van der Waals surface area (Å²) >= 11 is 0. The second-order valence-electron chi connectivity index (χ2n) is 4.68. The van der Waals surface area contributed by atoms with Gasteiger partial charge in [-0.15, -0.1) is 0 Å². The molecule has 3 aromatic rings. The average Bonchev–Trinajstić information content (AvgIpc) is 2.83. The van der Waals surface area contributed by atoms with E-state index >= 15 is 0 Å². The zero-order valence-corrected chi connectivity index (χ0v) is 11.4. The van der Waals surface area contributed by atoms with Crippen molar-refractivity contribution in [3.63, 3.8) is 0 Å². The van der Waals surface area contributed by atoms with Crippen molar-refractivity contribution in [3.05, 3.63) is 59.9 Å². The molecule has 0 saturated carbocycles. The summed E-state index contributed by atoms with van der Waals surface area (Å²) in [5.74, 6) is 1.74. The van der Waals surface area contributed by atoms with E-state index in [9.17, 15) is 0 Å². The Kier molecular flexibility index (Phi) is 3.39. The maximum absolute atomic E-state index is 5.76. The van der Waals surface area contributed by atoms with Crippen LogP contribution in [0.3, 0.4) is 0 Å². The molecule has 0 aliphatic rings. The minimum Gasteiger partial charge on any atom is -0.486 e. The van der Waals surface area contributed by atoms with Crippen LogP contribution in [0.15, 0.2) is 48.5 Å². The number of hydrogen-bond donors (Lipinski definition) is 1. The van der Waals surface area contributed by atoms with Crippen LogP contribution in [0, 0.1) is 0 Å². The number of fused-ring (bicyclic) bond motifs is 1. The van der Waals surface area contributed by atoms with Gasteiger partial charge in [-0.1, -0.05) is 30.3 Å². The normalized spacial score (nSPS) is 10.9. The number of benzene rings is 2. The van der Waals surface area contributed by atoms with Gasteiger partial charge in [0.2, 0.25) is 0 Å². The Bertz CT molecular complexity index is 719. The number of ether oxygens (including phenoxy) is 1. The van der Waals surface area contributed by atoms with E-state index in [0.717, 1.165) is 28.2 Å². The lowest BCUT2D eigenvalue weighted by Gasteiger charge is -2.05. The van der Waals surface area contributed by atoms with Crippen LogP contribution in [-0.2, 0) is 20.2 Å². The smallest absolute Gasteiger partial charge is 0.147 e. The number of aryl methyl sites for hydroxylation is 1. The van der Waals surface area contributed by atoms with E-state index in [-0.39, 0.29) is 0 Å². The molecule has 4 heteroatoms. The van der Waals surface area contributed by atoms with E-state index in [2.05, 4.69) is 9.55 Å². The molecule has 0 bridgehead atoms. The second kappa shape index (κ2) is 5.35. The molecule has 0 radical (unpaired) electrons. The second-order valence-corrected chi connectivity index (χ2v) is 4.68. The van der Waals surface area contributed by atoms with Gasteiger partial charge < -0.3 is 15.0 Å². The molecule has 1 heterocycles. The molecular formula is C16H17N3O. The van der Waals surface area contributed by atoms with Gasteiger partial charge in [0.25, 0.3) is 0 Å². The van der Waals surface area contributed by atoms with Crippen LogP contribution < -0.4 is 10.5 Å². The van der Waals surface area contributed by atoms with Gasteiger partial charge in [-0.25, -0.2) is 4.98 Å². The van der Waals surface area contributed by atoms with Crippen LogP contribution in [0.25, 0.3) is 11.0 Å². The molecule has 0 fully saturated rings. The van der Waals surface area contributed by atoms with Crippen LogP contribution in [-0.4, -0.2) is 9.55 Å². The molecule has 0 atom stereocenters. The maximum atomic E-state index is 5.76. The highest BCUT2D eigenvalue weighted by Gasteiger charge is 2.10. The first-order valence-corrected chi connectivity index (χ1v) is 6.60. The molecule has 20 heavy (non-hydrogen) atoms. The van der Waals surface area contributed by atoms with Crippen molar-refractivity contribution < 1.29 is 4.74 Å². The molecule has 0 aliphatic carbocycles. The Morgan fingerprint density at radius 2 is 1.90 bits per heavy atom. The minimum absolute atomic E-state index is 0.444. The van der Waals surface area contributed by atoms with Crippen molar-refractivity contribution in [2.45, 2.75) is 13.2 Å². The summed E-state index contributed by atoms with van der Waals surface area (Å²) in [5, 5.41) is 0. The number of aromatic nitrogens is 2. The van der Waals surface area contributed by atoms with Crippen molar-refractivity contribution in [3.8, 4) is 5.75 Å². The van der Waals surface area contributed by atoms with Crippen LogP contribution >= 0.6 is 0 Å². The monoisotopic (exact) mass is 267 g/mol. The fraction of sp³-hybridized carbons (Fsp3) is 0.188. The molecule has 0 amide bonds. The van der Waals surface area contributed by atoms with E-state index in [1.54, 1.807) is 0 Å². The van der Waals surface area contributed by atoms with E-state index in [0.29, 0.717) is 13.2 Å². The van der Waals surface area contributed by atoms with Crippen LogP contribution in [0.4, 0.5) is 0 Å². The van der Waals surface area contributed by atoms with Crippen LogP contribution in [0.5, 0.6) is 5.75 Å². The number of para-hydroxylation sites is 2. The highest BCUT2D eigenvalue weighted by molar-refractivity contribution is 5.79. The van der Waals surface area contributed by atoms with Gasteiger partial charge in [0.05, 0.1) is 11.0 Å². The quantitative estimate of drug-likeness (QED) is 0.790. The molecule has 0 unspecified atom stereocenters. The third-order valence-electron chi connectivity index (χ3n) is 3.42. The molecule has 3 rings (SSSR count). The number of rotatable bonds is 4. The van der Waals surface area contributed by atoms with Gasteiger partial charge >= 0.3 is 0 Å². The molecule has 4 nitrogen and oxygen atoms in total. The summed E-state index contributed by atoms with van der Waals surface area (Å²) < 4.78 is 7.81. The summed E-state index contributed by atoms with van der Waals surface area (Å²) in [4.78, 5) is 4.66. The van der Waals surface area contributed by atoms with Crippen LogP contribution in [0.2, 0.25) is 0 Å². The topological polar surface area (TPSA) is 53.1 Å². The van der Waals surface area contributed by atoms with Crippen molar-refractivity contribution >= 4 is 11.0 Å². The first-order chi connectivity index (χ1) is 9.79. The lowest BCUT2D eigenvalue weighted by molar-refractivity contribution is 0.292. The molecule has 2 aromatic carbocycles. The number of nitrogens with two attached hydrogens (primary N) is 1. The number of hydrogen-bond acceptors (Lipinski definition) is 3. The van der Waals surface area contributed by atoms with Gasteiger partial charge in [-0.2, -0.15) is 0 Å². The first kappa shape index (κ1) is 12.7. The maximum Gasteiger partial charge on any atom is 0.147 e. The predicted molar refractivity (Wildman–Crippen MR) is 79.4 cm³/mol. The Hall–Kier alpha value is -2.33. The third-order valence-corrected chi connectivity index (χ3v) is 3.42. The summed E-state index contributed by atoms with van der Waals surface area (Å²) in [6.07, 6.45) is 0. The lowest BCUT2D eigenvalue weighted by Crippen LogP contribution is -2.03. The largest absolute Gasteiger partial charge is 0.486 e. The molecule has 1 aromatic heterocycles. The highest BCUT2D eigenvalue weighted by Crippen LogP contribution is 2.20.